The topological polar surface area (TPSA) is 82.1 Å². The summed E-state index contributed by atoms with van der Waals surface area (Å²) in [7, 11) is -3.91. The fourth-order valence-corrected chi connectivity index (χ4v) is 4.88. The van der Waals surface area contributed by atoms with Crippen molar-refractivity contribution < 1.29 is 27.4 Å². The second-order valence-corrected chi connectivity index (χ2v) is 9.40. The van der Waals surface area contributed by atoms with Gasteiger partial charge in [-0.15, -0.1) is 0 Å². The average molecular weight is 434 g/mol. The van der Waals surface area contributed by atoms with Gasteiger partial charge in [-0.25, -0.2) is 8.42 Å². The lowest BCUT2D eigenvalue weighted by Gasteiger charge is -2.44. The van der Waals surface area contributed by atoms with Crippen molar-refractivity contribution in [3.63, 3.8) is 0 Å². The van der Waals surface area contributed by atoms with Gasteiger partial charge in [0.05, 0.1) is 30.3 Å². The zero-order valence-electron chi connectivity index (χ0n) is 17.1. The summed E-state index contributed by atoms with van der Waals surface area (Å²) in [4.78, 5) is 11.4. The SMILES string of the molecule is CC1(C)OC[C@H](N(COCc2ccccc2)S(=O)(=O)c2ccccc2)[C@H](CC=O)O1. The Hall–Kier alpha value is -2.10. The predicted octanol–water partition coefficient (Wildman–Crippen LogP) is 2.96. The molecule has 7 nitrogen and oxygen atoms in total. The summed E-state index contributed by atoms with van der Waals surface area (Å²) in [5, 5.41) is 0. The van der Waals surface area contributed by atoms with E-state index in [2.05, 4.69) is 0 Å². The van der Waals surface area contributed by atoms with Gasteiger partial charge < -0.3 is 19.0 Å². The molecule has 8 heteroatoms. The molecule has 2 aromatic rings. The van der Waals surface area contributed by atoms with Gasteiger partial charge in [-0.3, -0.25) is 0 Å². The van der Waals surface area contributed by atoms with Crippen LogP contribution in [-0.2, 0) is 35.6 Å². The summed E-state index contributed by atoms with van der Waals surface area (Å²) < 4.78 is 45.5. The Bertz CT molecular complexity index is 917. The molecule has 3 rings (SSSR count). The maximum absolute atomic E-state index is 13.4. The fourth-order valence-electron chi connectivity index (χ4n) is 3.34. The normalized spacial score (nSPS) is 21.4. The Kier molecular flexibility index (Phi) is 7.38. The molecule has 1 aliphatic heterocycles. The Morgan fingerprint density at radius 2 is 1.73 bits per heavy atom. The first-order chi connectivity index (χ1) is 14.3. The van der Waals surface area contributed by atoms with Gasteiger partial charge in [-0.05, 0) is 31.5 Å². The summed E-state index contributed by atoms with van der Waals surface area (Å²) in [6.45, 7) is 3.62. The van der Waals surface area contributed by atoms with E-state index >= 15 is 0 Å². The van der Waals surface area contributed by atoms with Gasteiger partial charge in [0.15, 0.2) is 5.79 Å². The number of hydrogen-bond donors (Lipinski definition) is 0. The molecule has 162 valence electrons. The molecule has 1 saturated heterocycles. The second-order valence-electron chi connectivity index (χ2n) is 7.51. The smallest absolute Gasteiger partial charge is 0.245 e. The van der Waals surface area contributed by atoms with Gasteiger partial charge in [-0.1, -0.05) is 48.5 Å². The number of carbonyl (C=O) groups excluding carboxylic acids is 1. The molecule has 1 heterocycles. The summed E-state index contributed by atoms with van der Waals surface area (Å²) in [5.41, 5.74) is 0.927. The zero-order valence-corrected chi connectivity index (χ0v) is 18.0. The molecule has 0 aliphatic carbocycles. The average Bonchev–Trinajstić information content (AvgIpc) is 2.73. The molecule has 2 aromatic carbocycles. The molecular formula is C22H27NO6S. The van der Waals surface area contributed by atoms with Crippen LogP contribution in [0.5, 0.6) is 0 Å². The van der Waals surface area contributed by atoms with Crippen molar-refractivity contribution in [3.05, 3.63) is 66.2 Å². The highest BCUT2D eigenvalue weighted by Gasteiger charge is 2.43. The van der Waals surface area contributed by atoms with E-state index in [1.807, 2.05) is 30.3 Å². The van der Waals surface area contributed by atoms with Crippen LogP contribution in [0.2, 0.25) is 0 Å². The van der Waals surface area contributed by atoms with Crippen molar-refractivity contribution in [1.29, 1.82) is 0 Å². The highest BCUT2D eigenvalue weighted by Crippen LogP contribution is 2.30. The lowest BCUT2D eigenvalue weighted by molar-refractivity contribution is -0.290. The van der Waals surface area contributed by atoms with Crippen LogP contribution < -0.4 is 0 Å². The number of ether oxygens (including phenoxy) is 3. The van der Waals surface area contributed by atoms with E-state index in [1.54, 1.807) is 32.0 Å². The quantitative estimate of drug-likeness (QED) is 0.447. The Labute approximate surface area is 177 Å². The van der Waals surface area contributed by atoms with E-state index in [0.29, 0.717) is 0 Å². The van der Waals surface area contributed by atoms with E-state index in [4.69, 9.17) is 14.2 Å². The minimum absolute atomic E-state index is 0.0525. The first kappa shape index (κ1) is 22.6. The summed E-state index contributed by atoms with van der Waals surface area (Å²) in [6.07, 6.45) is 0.138. The Balaban J connectivity index is 1.87. The van der Waals surface area contributed by atoms with Crippen molar-refractivity contribution in [2.24, 2.45) is 0 Å². The summed E-state index contributed by atoms with van der Waals surface area (Å²) >= 11 is 0. The van der Waals surface area contributed by atoms with Crippen LogP contribution in [-0.4, -0.2) is 50.3 Å². The summed E-state index contributed by atoms with van der Waals surface area (Å²) in [5.74, 6) is -0.906. The molecule has 1 aliphatic rings. The van der Waals surface area contributed by atoms with Gasteiger partial charge in [-0.2, -0.15) is 4.31 Å². The molecule has 0 radical (unpaired) electrons. The number of benzene rings is 2. The standard InChI is InChI=1S/C22H27NO6S/c1-22(2)28-16-20(21(29-22)13-14-24)23(17-27-15-18-9-5-3-6-10-18)30(25,26)19-11-7-4-8-12-19/h3-12,14,20-21H,13,15-17H2,1-2H3/t20-,21-/m0/s1. The van der Waals surface area contributed by atoms with Gasteiger partial charge in [0, 0.05) is 6.42 Å². The molecule has 0 amide bonds. The minimum Gasteiger partial charge on any atom is -0.360 e. The van der Waals surface area contributed by atoms with E-state index in [1.165, 1.54) is 16.4 Å². The van der Waals surface area contributed by atoms with Crippen LogP contribution >= 0.6 is 0 Å². The molecule has 0 N–H and O–H groups in total. The van der Waals surface area contributed by atoms with Crippen molar-refractivity contribution in [2.75, 3.05) is 13.3 Å². The molecule has 0 aromatic heterocycles. The number of nitrogens with zero attached hydrogens (tertiary/aromatic N) is 1. The molecule has 0 bridgehead atoms. The second kappa shape index (κ2) is 9.80. The first-order valence-electron chi connectivity index (χ1n) is 9.77. The van der Waals surface area contributed by atoms with Crippen molar-refractivity contribution in [3.8, 4) is 0 Å². The number of sulfonamides is 1. The maximum Gasteiger partial charge on any atom is 0.245 e. The summed E-state index contributed by atoms with van der Waals surface area (Å²) in [6, 6.07) is 16.9. The van der Waals surface area contributed by atoms with Gasteiger partial charge >= 0.3 is 0 Å². The third-order valence-electron chi connectivity index (χ3n) is 4.84. The predicted molar refractivity (Wildman–Crippen MR) is 111 cm³/mol. The molecular weight excluding hydrogens is 406 g/mol. The van der Waals surface area contributed by atoms with Crippen LogP contribution in [0, 0.1) is 0 Å². The van der Waals surface area contributed by atoms with Gasteiger partial charge in [0.2, 0.25) is 10.0 Å². The third-order valence-corrected chi connectivity index (χ3v) is 6.71. The molecule has 30 heavy (non-hydrogen) atoms. The Morgan fingerprint density at radius 1 is 1.10 bits per heavy atom. The van der Waals surface area contributed by atoms with Crippen molar-refractivity contribution in [1.82, 2.24) is 4.31 Å². The van der Waals surface area contributed by atoms with Crippen LogP contribution in [0.3, 0.4) is 0 Å². The monoisotopic (exact) mass is 433 g/mol. The highest BCUT2D eigenvalue weighted by atomic mass is 32.2. The fraction of sp³-hybridized carbons (Fsp3) is 0.409. The number of aldehydes is 1. The number of carbonyl (C=O) groups is 1. The zero-order chi connectivity index (χ0) is 21.6. The van der Waals surface area contributed by atoms with E-state index in [0.717, 1.165) is 11.8 Å². The number of hydrogen-bond acceptors (Lipinski definition) is 6. The molecule has 0 saturated carbocycles. The van der Waals surface area contributed by atoms with Crippen LogP contribution in [0.15, 0.2) is 65.6 Å². The largest absolute Gasteiger partial charge is 0.360 e. The molecule has 2 atom stereocenters. The first-order valence-corrected chi connectivity index (χ1v) is 11.2. The molecule has 0 unspecified atom stereocenters. The van der Waals surface area contributed by atoms with Crippen LogP contribution in [0.1, 0.15) is 25.8 Å². The van der Waals surface area contributed by atoms with E-state index in [9.17, 15) is 13.2 Å². The lowest BCUT2D eigenvalue weighted by atomic mass is 10.1. The van der Waals surface area contributed by atoms with E-state index in [-0.39, 0.29) is 31.3 Å². The van der Waals surface area contributed by atoms with Crippen molar-refractivity contribution in [2.45, 2.75) is 49.7 Å². The highest BCUT2D eigenvalue weighted by molar-refractivity contribution is 7.89. The number of rotatable bonds is 9. The van der Waals surface area contributed by atoms with Gasteiger partial charge in [0.1, 0.15) is 13.0 Å². The van der Waals surface area contributed by atoms with Gasteiger partial charge in [0.25, 0.3) is 0 Å². The third kappa shape index (κ3) is 5.53. The maximum atomic E-state index is 13.4. The molecule has 0 spiro atoms. The molecule has 1 fully saturated rings. The van der Waals surface area contributed by atoms with Crippen molar-refractivity contribution >= 4 is 16.3 Å². The lowest BCUT2D eigenvalue weighted by Crippen LogP contribution is -2.58. The van der Waals surface area contributed by atoms with Crippen LogP contribution in [0.4, 0.5) is 0 Å². The van der Waals surface area contributed by atoms with Crippen LogP contribution in [0.25, 0.3) is 0 Å². The Morgan fingerprint density at radius 3 is 2.37 bits per heavy atom. The minimum atomic E-state index is -3.91. The van der Waals surface area contributed by atoms with E-state index < -0.39 is 28.0 Å².